The zero-order valence-electron chi connectivity index (χ0n) is 14.3. The molecule has 2 amide bonds. The Labute approximate surface area is 157 Å². The van der Waals surface area contributed by atoms with Crippen LogP contribution in [-0.4, -0.2) is 73.6 Å². The molecule has 0 unspecified atom stereocenters. The molecule has 0 aliphatic carbocycles. The number of rotatable bonds is 6. The van der Waals surface area contributed by atoms with Gasteiger partial charge in [0, 0.05) is 37.2 Å². The van der Waals surface area contributed by atoms with Gasteiger partial charge in [-0.3, -0.25) is 9.59 Å². The number of hydrogen-bond donors (Lipinski definition) is 2. The minimum absolute atomic E-state index is 0.0484. The minimum atomic E-state index is -0.441. The van der Waals surface area contributed by atoms with Crippen molar-refractivity contribution in [3.63, 3.8) is 0 Å². The van der Waals surface area contributed by atoms with Crippen molar-refractivity contribution in [3.05, 3.63) is 33.8 Å². The Hall–Kier alpha value is -1.34. The van der Waals surface area contributed by atoms with Crippen LogP contribution in [-0.2, 0) is 4.79 Å². The molecule has 1 aliphatic rings. The summed E-state index contributed by atoms with van der Waals surface area (Å²) < 4.78 is 0. The van der Waals surface area contributed by atoms with Crippen molar-refractivity contribution in [2.75, 3.05) is 46.9 Å². The number of aliphatic hydroxyl groups is 1. The van der Waals surface area contributed by atoms with Crippen molar-refractivity contribution in [2.45, 2.75) is 0 Å². The lowest BCUT2D eigenvalue weighted by Gasteiger charge is -2.20. The fourth-order valence-electron chi connectivity index (χ4n) is 3.06. The van der Waals surface area contributed by atoms with E-state index >= 15 is 0 Å². The summed E-state index contributed by atoms with van der Waals surface area (Å²) >= 11 is 11.9. The van der Waals surface area contributed by atoms with E-state index in [0.717, 1.165) is 6.54 Å². The smallest absolute Gasteiger partial charge is 0.253 e. The number of hydrogen-bond acceptors (Lipinski definition) is 4. The summed E-state index contributed by atoms with van der Waals surface area (Å²) in [5, 5.41) is 12.8. The van der Waals surface area contributed by atoms with Gasteiger partial charge < -0.3 is 20.2 Å². The van der Waals surface area contributed by atoms with Crippen LogP contribution < -0.4 is 5.32 Å². The molecule has 2 rings (SSSR count). The molecule has 8 heteroatoms. The molecule has 0 spiro atoms. The van der Waals surface area contributed by atoms with Crippen molar-refractivity contribution < 1.29 is 14.7 Å². The van der Waals surface area contributed by atoms with E-state index in [4.69, 9.17) is 23.2 Å². The van der Waals surface area contributed by atoms with Crippen LogP contribution in [0, 0.1) is 11.8 Å². The Morgan fingerprint density at radius 3 is 2.60 bits per heavy atom. The standard InChI is InChI=1S/C17H23Cl2N3O3/c1-21(2)7-11-8-22(9-12(11)10-23)16(24)6-20-17(25)14-5-13(18)3-4-15(14)19/h3-5,11-12,23H,6-10H2,1-2H3,(H,20,25)/t11-,12-/m1/s1. The van der Waals surface area contributed by atoms with E-state index in [2.05, 4.69) is 5.32 Å². The quantitative estimate of drug-likeness (QED) is 0.772. The summed E-state index contributed by atoms with van der Waals surface area (Å²) in [6, 6.07) is 4.60. The molecular weight excluding hydrogens is 365 g/mol. The van der Waals surface area contributed by atoms with Crippen LogP contribution in [0.1, 0.15) is 10.4 Å². The third-order valence-corrected chi connectivity index (χ3v) is 4.90. The third-order valence-electron chi connectivity index (χ3n) is 4.34. The van der Waals surface area contributed by atoms with Gasteiger partial charge in [-0.1, -0.05) is 23.2 Å². The van der Waals surface area contributed by atoms with E-state index in [1.165, 1.54) is 6.07 Å². The maximum absolute atomic E-state index is 12.4. The lowest BCUT2D eigenvalue weighted by Crippen LogP contribution is -2.39. The molecule has 0 aromatic heterocycles. The van der Waals surface area contributed by atoms with Crippen LogP contribution in [0.2, 0.25) is 10.0 Å². The first kappa shape index (κ1) is 20.0. The van der Waals surface area contributed by atoms with Crippen LogP contribution >= 0.6 is 23.2 Å². The maximum atomic E-state index is 12.4. The molecule has 2 N–H and O–H groups in total. The maximum Gasteiger partial charge on any atom is 0.253 e. The molecule has 1 aromatic rings. The van der Waals surface area contributed by atoms with Gasteiger partial charge in [-0.15, -0.1) is 0 Å². The number of nitrogens with zero attached hydrogens (tertiary/aromatic N) is 2. The molecule has 1 saturated heterocycles. The lowest BCUT2D eigenvalue weighted by molar-refractivity contribution is -0.129. The largest absolute Gasteiger partial charge is 0.396 e. The first-order valence-electron chi connectivity index (χ1n) is 8.08. The third kappa shape index (κ3) is 5.31. The van der Waals surface area contributed by atoms with Crippen LogP contribution in [0.25, 0.3) is 0 Å². The molecule has 1 aliphatic heterocycles. The Balaban J connectivity index is 1.92. The zero-order valence-corrected chi connectivity index (χ0v) is 15.8. The van der Waals surface area contributed by atoms with E-state index in [9.17, 15) is 14.7 Å². The number of benzene rings is 1. The number of aliphatic hydroxyl groups excluding tert-OH is 1. The molecule has 25 heavy (non-hydrogen) atoms. The number of amides is 2. The van der Waals surface area contributed by atoms with E-state index < -0.39 is 5.91 Å². The van der Waals surface area contributed by atoms with Gasteiger partial charge in [0.25, 0.3) is 5.91 Å². The van der Waals surface area contributed by atoms with Crippen molar-refractivity contribution in [2.24, 2.45) is 11.8 Å². The topological polar surface area (TPSA) is 72.9 Å². The highest BCUT2D eigenvalue weighted by molar-refractivity contribution is 6.35. The average molecular weight is 388 g/mol. The van der Waals surface area contributed by atoms with Crippen molar-refractivity contribution in [1.82, 2.24) is 15.1 Å². The van der Waals surface area contributed by atoms with E-state index in [-0.39, 0.29) is 41.5 Å². The number of likely N-dealkylation sites (tertiary alicyclic amines) is 1. The highest BCUT2D eigenvalue weighted by atomic mass is 35.5. The molecule has 0 bridgehead atoms. The van der Waals surface area contributed by atoms with Gasteiger partial charge in [0.1, 0.15) is 0 Å². The summed E-state index contributed by atoms with van der Waals surface area (Å²) in [5.74, 6) is -0.332. The van der Waals surface area contributed by atoms with Gasteiger partial charge in [-0.25, -0.2) is 0 Å². The fourth-order valence-corrected chi connectivity index (χ4v) is 3.43. The second-order valence-corrected chi connectivity index (χ2v) is 7.41. The first-order chi connectivity index (χ1) is 11.8. The Bertz CT molecular complexity index is 640. The molecule has 6 nitrogen and oxygen atoms in total. The zero-order chi connectivity index (χ0) is 18.6. The fraction of sp³-hybridized carbons (Fsp3) is 0.529. The van der Waals surface area contributed by atoms with Gasteiger partial charge in [0.2, 0.25) is 5.91 Å². The molecule has 1 aromatic carbocycles. The summed E-state index contributed by atoms with van der Waals surface area (Å²) in [6.07, 6.45) is 0. The summed E-state index contributed by atoms with van der Waals surface area (Å²) in [6.45, 7) is 1.82. The molecular formula is C17H23Cl2N3O3. The van der Waals surface area contributed by atoms with Gasteiger partial charge in [-0.2, -0.15) is 0 Å². The molecule has 0 saturated carbocycles. The second kappa shape index (κ2) is 8.85. The van der Waals surface area contributed by atoms with Crippen LogP contribution in [0.15, 0.2) is 18.2 Å². The van der Waals surface area contributed by atoms with Crippen molar-refractivity contribution in [3.8, 4) is 0 Å². The molecule has 2 atom stereocenters. The van der Waals surface area contributed by atoms with Gasteiger partial charge in [0.15, 0.2) is 0 Å². The molecule has 1 heterocycles. The van der Waals surface area contributed by atoms with Gasteiger partial charge in [0.05, 0.1) is 17.1 Å². The van der Waals surface area contributed by atoms with Gasteiger partial charge in [-0.05, 0) is 38.2 Å². The van der Waals surface area contributed by atoms with E-state index in [0.29, 0.717) is 18.1 Å². The second-order valence-electron chi connectivity index (χ2n) is 6.57. The van der Waals surface area contributed by atoms with Crippen LogP contribution in [0.4, 0.5) is 0 Å². The SMILES string of the molecule is CN(C)C[C@@H]1CN(C(=O)CNC(=O)c2cc(Cl)ccc2Cl)C[C@@H]1CO. The van der Waals surface area contributed by atoms with E-state index in [1.807, 2.05) is 19.0 Å². The van der Waals surface area contributed by atoms with Crippen molar-refractivity contribution >= 4 is 35.0 Å². The Morgan fingerprint density at radius 1 is 1.28 bits per heavy atom. The van der Waals surface area contributed by atoms with Crippen LogP contribution in [0.3, 0.4) is 0 Å². The Kier molecular flexibility index (Phi) is 7.07. The summed E-state index contributed by atoms with van der Waals surface area (Å²) in [5.41, 5.74) is 0.238. The van der Waals surface area contributed by atoms with Crippen molar-refractivity contribution in [1.29, 1.82) is 0 Å². The van der Waals surface area contributed by atoms with Gasteiger partial charge >= 0.3 is 0 Å². The monoisotopic (exact) mass is 387 g/mol. The normalized spacial score (nSPS) is 20.2. The number of halogens is 2. The number of carbonyl (C=O) groups excluding carboxylic acids is 2. The molecule has 138 valence electrons. The summed E-state index contributed by atoms with van der Waals surface area (Å²) in [7, 11) is 3.93. The number of nitrogens with one attached hydrogen (secondary N) is 1. The highest BCUT2D eigenvalue weighted by Gasteiger charge is 2.34. The highest BCUT2D eigenvalue weighted by Crippen LogP contribution is 2.24. The van der Waals surface area contributed by atoms with E-state index in [1.54, 1.807) is 17.0 Å². The van der Waals surface area contributed by atoms with Crippen LogP contribution in [0.5, 0.6) is 0 Å². The predicted molar refractivity (Wildman–Crippen MR) is 98.0 cm³/mol. The lowest BCUT2D eigenvalue weighted by atomic mass is 9.97. The predicted octanol–water partition coefficient (Wildman–Crippen LogP) is 1.35. The first-order valence-corrected chi connectivity index (χ1v) is 8.84. The molecule has 1 fully saturated rings. The molecule has 0 radical (unpaired) electrons. The summed E-state index contributed by atoms with van der Waals surface area (Å²) in [4.78, 5) is 28.3. The number of carbonyl (C=O) groups is 2. The average Bonchev–Trinajstić information content (AvgIpc) is 2.96. The Morgan fingerprint density at radius 2 is 1.96 bits per heavy atom. The minimum Gasteiger partial charge on any atom is -0.396 e.